The van der Waals surface area contributed by atoms with Crippen LogP contribution in [0.25, 0.3) is 10.9 Å². The minimum atomic E-state index is -2.35. The molecule has 1 fully saturated rings. The zero-order valence-electron chi connectivity index (χ0n) is 19.3. The van der Waals surface area contributed by atoms with Gasteiger partial charge in [0.15, 0.2) is 6.10 Å². The van der Waals surface area contributed by atoms with Crippen LogP contribution in [0.15, 0.2) is 54.7 Å². The molecule has 1 saturated heterocycles. The van der Waals surface area contributed by atoms with E-state index in [2.05, 4.69) is 18.8 Å². The molecule has 34 heavy (non-hydrogen) atoms. The molecule has 0 bridgehead atoms. The predicted octanol–water partition coefficient (Wildman–Crippen LogP) is 2.32. The molecule has 3 aromatic rings. The van der Waals surface area contributed by atoms with Gasteiger partial charge in [-0.05, 0) is 36.0 Å². The number of nitrogens with zero attached hydrogens (tertiary/aromatic N) is 1. The quantitative estimate of drug-likeness (QED) is 0.410. The molecule has 1 aromatic heterocycles. The van der Waals surface area contributed by atoms with Crippen molar-refractivity contribution in [3.8, 4) is 5.75 Å². The average Bonchev–Trinajstić information content (AvgIpc) is 3.35. The second-order valence-corrected chi connectivity index (χ2v) is 9.08. The average molecular weight is 469 g/mol. The van der Waals surface area contributed by atoms with Crippen LogP contribution < -0.4 is 9.72 Å². The first-order valence-electron chi connectivity index (χ1n) is 11.4. The van der Waals surface area contributed by atoms with Crippen molar-refractivity contribution in [2.24, 2.45) is 5.92 Å². The number of aryl methyl sites for hydroxylation is 1. The predicted molar refractivity (Wildman–Crippen MR) is 124 cm³/mol. The molecule has 8 nitrogen and oxygen atoms in total. The Balaban J connectivity index is 1.52. The minimum Gasteiger partial charge on any atom is -0.661 e. The van der Waals surface area contributed by atoms with Crippen molar-refractivity contribution in [3.63, 3.8) is 0 Å². The van der Waals surface area contributed by atoms with Crippen LogP contribution >= 0.6 is 0 Å². The molecule has 0 spiro atoms. The number of benzene rings is 2. The van der Waals surface area contributed by atoms with Crippen LogP contribution in [0.4, 0.5) is 0 Å². The lowest BCUT2D eigenvalue weighted by Crippen LogP contribution is -2.46. The summed E-state index contributed by atoms with van der Waals surface area (Å²) in [6.45, 7) is 3.48. The van der Waals surface area contributed by atoms with E-state index in [1.54, 1.807) is 0 Å². The largest absolute Gasteiger partial charge is 0.661 e. The SMILES string of the molecule is CC(C)CCc1ccc2[n-]cc(OC(=O)[C@@H]3O[C@@](O)(CO)[C@H](O)[C@H]3OCc3ccccc3)c2c1. The molecule has 4 rings (SSSR count). The van der Waals surface area contributed by atoms with E-state index in [1.165, 1.54) is 6.20 Å². The van der Waals surface area contributed by atoms with Crippen molar-refractivity contribution in [1.29, 1.82) is 0 Å². The molecule has 3 N–H and O–H groups in total. The van der Waals surface area contributed by atoms with Gasteiger partial charge in [0.05, 0.1) is 13.2 Å². The number of carbonyl (C=O) groups is 1. The third kappa shape index (κ3) is 5.16. The molecule has 182 valence electrons. The summed E-state index contributed by atoms with van der Waals surface area (Å²) < 4.78 is 16.7. The molecule has 8 heteroatoms. The summed E-state index contributed by atoms with van der Waals surface area (Å²) in [6, 6.07) is 15.0. The Morgan fingerprint density at radius 3 is 2.65 bits per heavy atom. The number of hydrogen-bond acceptors (Lipinski definition) is 7. The highest BCUT2D eigenvalue weighted by Gasteiger charge is 2.57. The van der Waals surface area contributed by atoms with Crippen LogP contribution in [-0.2, 0) is 27.3 Å². The monoisotopic (exact) mass is 468 g/mol. The molecule has 1 aliphatic heterocycles. The fourth-order valence-electron chi connectivity index (χ4n) is 3.99. The molecule has 2 aromatic carbocycles. The van der Waals surface area contributed by atoms with Gasteiger partial charge >= 0.3 is 5.97 Å². The molecule has 1 aliphatic rings. The fourth-order valence-corrected chi connectivity index (χ4v) is 3.99. The molecular formula is C26H30NO7-. The van der Waals surface area contributed by atoms with Gasteiger partial charge in [-0.3, -0.25) is 0 Å². The van der Waals surface area contributed by atoms with Gasteiger partial charge in [0.25, 0.3) is 0 Å². The standard InChI is InChI=1S/C26H30NO7/c1-16(2)8-9-17-10-11-20-19(12-17)21(13-27-20)33-25(30)23-22(24(29)26(31,15-28)34-23)32-14-18-6-4-3-5-7-18/h3-7,10-13,16,22-24,28-29,31H,8-9,14-15H2,1-2H3/q-1/t22-,23+,24+,26-/m0/s1. The zero-order chi connectivity index (χ0) is 24.3. The van der Waals surface area contributed by atoms with Gasteiger partial charge in [-0.25, -0.2) is 4.79 Å². The summed E-state index contributed by atoms with van der Waals surface area (Å²) in [5.74, 6) is -2.38. The number of hydrogen-bond donors (Lipinski definition) is 3. The van der Waals surface area contributed by atoms with Crippen molar-refractivity contribution >= 4 is 16.9 Å². The molecular weight excluding hydrogens is 438 g/mol. The second kappa shape index (κ2) is 10.2. The third-order valence-corrected chi connectivity index (χ3v) is 6.02. The Hall–Kier alpha value is -2.75. The van der Waals surface area contributed by atoms with E-state index in [9.17, 15) is 20.1 Å². The topological polar surface area (TPSA) is 120 Å². The fraction of sp³-hybridized carbons (Fsp3) is 0.423. The molecule has 4 atom stereocenters. The van der Waals surface area contributed by atoms with Crippen LogP contribution in [0, 0.1) is 5.92 Å². The maximum Gasteiger partial charge on any atom is 0.343 e. The van der Waals surface area contributed by atoms with E-state index in [4.69, 9.17) is 14.2 Å². The van der Waals surface area contributed by atoms with Crippen molar-refractivity contribution in [2.45, 2.75) is 57.4 Å². The van der Waals surface area contributed by atoms with E-state index in [1.807, 2.05) is 48.5 Å². The number of fused-ring (bicyclic) bond motifs is 1. The van der Waals surface area contributed by atoms with E-state index >= 15 is 0 Å². The normalized spacial score (nSPS) is 24.7. The molecule has 0 aliphatic carbocycles. The van der Waals surface area contributed by atoms with Gasteiger partial charge in [-0.1, -0.05) is 56.3 Å². The van der Waals surface area contributed by atoms with Crippen molar-refractivity contribution in [2.75, 3.05) is 6.61 Å². The van der Waals surface area contributed by atoms with Crippen LogP contribution in [0.3, 0.4) is 0 Å². The Kier molecular flexibility index (Phi) is 7.35. The maximum absolute atomic E-state index is 13.1. The first kappa shape index (κ1) is 24.4. The number of ether oxygens (including phenoxy) is 3. The van der Waals surface area contributed by atoms with Gasteiger partial charge in [0.1, 0.15) is 18.0 Å². The highest BCUT2D eigenvalue weighted by molar-refractivity contribution is 5.90. The molecule has 2 heterocycles. The summed E-state index contributed by atoms with van der Waals surface area (Å²) in [4.78, 5) is 17.4. The summed E-state index contributed by atoms with van der Waals surface area (Å²) in [6.07, 6.45) is -0.981. The van der Waals surface area contributed by atoms with Gasteiger partial charge in [-0.15, -0.1) is 11.7 Å². The molecule has 0 radical (unpaired) electrons. The van der Waals surface area contributed by atoms with Crippen molar-refractivity contribution in [3.05, 3.63) is 65.9 Å². The van der Waals surface area contributed by atoms with Crippen LogP contribution in [-0.4, -0.2) is 52.0 Å². The number of aromatic nitrogens is 1. The minimum absolute atomic E-state index is 0.0668. The first-order valence-corrected chi connectivity index (χ1v) is 11.4. The van der Waals surface area contributed by atoms with E-state index in [-0.39, 0.29) is 12.4 Å². The molecule has 0 saturated carbocycles. The van der Waals surface area contributed by atoms with E-state index < -0.39 is 36.7 Å². The van der Waals surface area contributed by atoms with E-state index in [0.29, 0.717) is 16.8 Å². The van der Waals surface area contributed by atoms with Gasteiger partial charge in [0, 0.05) is 5.39 Å². The highest BCUT2D eigenvalue weighted by Crippen LogP contribution is 2.34. The number of carbonyl (C=O) groups excluding carboxylic acids is 1. The number of rotatable bonds is 9. The Bertz CT molecular complexity index is 1110. The Morgan fingerprint density at radius 1 is 1.18 bits per heavy atom. The van der Waals surface area contributed by atoms with Crippen molar-refractivity contribution in [1.82, 2.24) is 4.98 Å². The number of esters is 1. The highest BCUT2D eigenvalue weighted by atomic mass is 16.7. The zero-order valence-corrected chi connectivity index (χ0v) is 19.3. The lowest BCUT2D eigenvalue weighted by Gasteiger charge is -2.23. The number of aliphatic hydroxyl groups excluding tert-OH is 2. The van der Waals surface area contributed by atoms with Gasteiger partial charge < -0.3 is 34.5 Å². The van der Waals surface area contributed by atoms with Crippen LogP contribution in [0.1, 0.15) is 31.4 Å². The lowest BCUT2D eigenvalue weighted by molar-refractivity contribution is -0.246. The Labute approximate surface area is 198 Å². The van der Waals surface area contributed by atoms with Crippen molar-refractivity contribution < 1.29 is 34.3 Å². The number of aliphatic hydroxyl groups is 3. The smallest absolute Gasteiger partial charge is 0.343 e. The Morgan fingerprint density at radius 2 is 1.94 bits per heavy atom. The van der Waals surface area contributed by atoms with Gasteiger partial charge in [0.2, 0.25) is 5.79 Å². The third-order valence-electron chi connectivity index (χ3n) is 6.02. The molecule has 0 unspecified atom stereocenters. The molecule has 0 amide bonds. The van der Waals surface area contributed by atoms with Crippen LogP contribution in [0.5, 0.6) is 5.75 Å². The lowest BCUT2D eigenvalue weighted by atomic mass is 10.0. The maximum atomic E-state index is 13.1. The van der Waals surface area contributed by atoms with Gasteiger partial charge in [-0.2, -0.15) is 0 Å². The summed E-state index contributed by atoms with van der Waals surface area (Å²) in [7, 11) is 0. The summed E-state index contributed by atoms with van der Waals surface area (Å²) in [5.41, 5.74) is 2.60. The van der Waals surface area contributed by atoms with E-state index in [0.717, 1.165) is 24.0 Å². The summed E-state index contributed by atoms with van der Waals surface area (Å²) >= 11 is 0. The summed E-state index contributed by atoms with van der Waals surface area (Å²) in [5, 5.41) is 31.3. The second-order valence-electron chi connectivity index (χ2n) is 9.08. The van der Waals surface area contributed by atoms with Crippen LogP contribution in [0.2, 0.25) is 0 Å². The first-order chi connectivity index (χ1) is 16.3.